The van der Waals surface area contributed by atoms with Gasteiger partial charge in [0.25, 0.3) is 0 Å². The number of aromatic nitrogens is 4. The molecule has 34 heavy (non-hydrogen) atoms. The molecule has 0 aliphatic rings. The number of nitrogens with one attached hydrogen (secondary N) is 2. The van der Waals surface area contributed by atoms with Crippen molar-refractivity contribution in [2.45, 2.75) is 54.6 Å². The van der Waals surface area contributed by atoms with Crippen molar-refractivity contribution in [3.05, 3.63) is 71.7 Å². The Hall–Kier alpha value is -3.40. The van der Waals surface area contributed by atoms with Crippen LogP contribution in [-0.2, 0) is 13.1 Å². The minimum absolute atomic E-state index is 0.378. The first-order valence-electron chi connectivity index (χ1n) is 11.8. The van der Waals surface area contributed by atoms with Gasteiger partial charge in [0.15, 0.2) is 0 Å². The number of hydrogen-bond acceptors (Lipinski definition) is 4. The predicted molar refractivity (Wildman–Crippen MR) is 143 cm³/mol. The maximum absolute atomic E-state index is 5.61. The average Bonchev–Trinajstić information content (AvgIpc) is 3.46. The van der Waals surface area contributed by atoms with Gasteiger partial charge >= 0.3 is 0 Å². The smallest absolute Gasteiger partial charge is 0.120 e. The molecule has 2 aromatic carbocycles. The summed E-state index contributed by atoms with van der Waals surface area (Å²) in [6, 6.07) is 12.4. The number of aromatic amines is 2. The molecule has 0 bridgehead atoms. The van der Waals surface area contributed by atoms with Crippen molar-refractivity contribution >= 4 is 10.8 Å². The highest BCUT2D eigenvalue weighted by Crippen LogP contribution is 2.24. The fraction of sp³-hybridized carbons (Fsp3) is 0.357. The van der Waals surface area contributed by atoms with E-state index in [0.717, 1.165) is 56.8 Å². The first-order valence-corrected chi connectivity index (χ1v) is 11.8. The van der Waals surface area contributed by atoms with Crippen LogP contribution >= 0.6 is 0 Å². The fourth-order valence-electron chi connectivity index (χ4n) is 2.77. The van der Waals surface area contributed by atoms with Gasteiger partial charge in [0.1, 0.15) is 17.3 Å². The van der Waals surface area contributed by atoms with Crippen molar-refractivity contribution in [1.29, 1.82) is 0 Å². The largest absolute Gasteiger partial charge is 0.341 e. The molecule has 0 atom stereocenters. The van der Waals surface area contributed by atoms with Crippen LogP contribution in [0.4, 0.5) is 0 Å². The molecule has 0 amide bonds. The van der Waals surface area contributed by atoms with E-state index in [2.05, 4.69) is 104 Å². The van der Waals surface area contributed by atoms with Gasteiger partial charge in [0.05, 0.1) is 31.2 Å². The second kappa shape index (κ2) is 13.3. The van der Waals surface area contributed by atoms with Crippen LogP contribution in [0.15, 0.2) is 48.8 Å². The summed E-state index contributed by atoms with van der Waals surface area (Å²) in [5.74, 6) is 9.41. The molecule has 0 radical (unpaired) electrons. The number of H-pyrrole nitrogens is 2. The summed E-state index contributed by atoms with van der Waals surface area (Å²) in [5.41, 5.74) is 14.9. The predicted octanol–water partition coefficient (Wildman–Crippen LogP) is 5.59. The summed E-state index contributed by atoms with van der Waals surface area (Å²) in [4.78, 5) is 14.7. The zero-order valence-corrected chi connectivity index (χ0v) is 21.2. The second-order valence-electron chi connectivity index (χ2n) is 9.39. The van der Waals surface area contributed by atoms with Crippen molar-refractivity contribution in [3.63, 3.8) is 0 Å². The van der Waals surface area contributed by atoms with E-state index in [1.165, 1.54) is 0 Å². The number of benzene rings is 2. The van der Waals surface area contributed by atoms with Gasteiger partial charge in [-0.25, -0.2) is 9.97 Å². The van der Waals surface area contributed by atoms with Gasteiger partial charge in [-0.1, -0.05) is 65.7 Å². The summed E-state index contributed by atoms with van der Waals surface area (Å²) < 4.78 is 0. The number of imidazole rings is 2. The monoisotopic (exact) mass is 458 g/mol. The lowest BCUT2D eigenvalue weighted by molar-refractivity contribution is 0.736. The van der Waals surface area contributed by atoms with E-state index in [4.69, 9.17) is 11.5 Å². The van der Waals surface area contributed by atoms with Crippen LogP contribution in [0.25, 0.3) is 22.0 Å². The zero-order chi connectivity index (χ0) is 25.1. The van der Waals surface area contributed by atoms with E-state index in [1.807, 2.05) is 12.3 Å². The molecule has 6 N–H and O–H groups in total. The summed E-state index contributed by atoms with van der Waals surface area (Å²) in [6.07, 6.45) is 3.51. The molecule has 0 aliphatic heterocycles. The standard InChI is InChI=1S/C20H18N6.2C4H10/c21-9-19-23-11-17(25-19)6-2-13-1-3-15-8-16(5-4-14(15)7-13)18-12-24-20(10-22)26-18;2*1-4(2)3/h1,3-5,7-8,11-12H,9-10,21-22H2,(H,23,25)(H,24,26);2*4H,1-3H3. The third kappa shape index (κ3) is 8.86. The molecule has 0 fully saturated rings. The van der Waals surface area contributed by atoms with Crippen LogP contribution in [0.1, 0.15) is 64.4 Å². The van der Waals surface area contributed by atoms with Crippen molar-refractivity contribution < 1.29 is 0 Å². The topological polar surface area (TPSA) is 109 Å². The van der Waals surface area contributed by atoms with Crippen LogP contribution in [0.5, 0.6) is 0 Å². The highest BCUT2D eigenvalue weighted by molar-refractivity contribution is 5.87. The van der Waals surface area contributed by atoms with E-state index in [-0.39, 0.29) is 0 Å². The Morgan fingerprint density at radius 3 is 1.88 bits per heavy atom. The van der Waals surface area contributed by atoms with Crippen molar-refractivity contribution in [3.8, 4) is 23.1 Å². The van der Waals surface area contributed by atoms with E-state index in [1.54, 1.807) is 6.20 Å². The zero-order valence-electron chi connectivity index (χ0n) is 21.2. The van der Waals surface area contributed by atoms with Gasteiger partial charge in [-0.2, -0.15) is 0 Å². The molecule has 2 heterocycles. The van der Waals surface area contributed by atoms with Gasteiger partial charge in [0.2, 0.25) is 0 Å². The normalized spacial score (nSPS) is 10.3. The third-order valence-corrected chi connectivity index (χ3v) is 4.14. The summed E-state index contributed by atoms with van der Waals surface area (Å²) in [6.45, 7) is 13.8. The number of rotatable bonds is 3. The SMILES string of the molecule is CC(C)C.CC(C)C.NCc1ncc(C#Cc2ccc3cc(-c4cnc(CN)[nH]4)ccc3c2)[nH]1. The summed E-state index contributed by atoms with van der Waals surface area (Å²) in [7, 11) is 0. The van der Waals surface area contributed by atoms with Crippen LogP contribution in [0.3, 0.4) is 0 Å². The van der Waals surface area contributed by atoms with Crippen molar-refractivity contribution in [2.75, 3.05) is 0 Å². The van der Waals surface area contributed by atoms with Crippen LogP contribution in [0.2, 0.25) is 0 Å². The molecule has 0 spiro atoms. The molecule has 180 valence electrons. The maximum Gasteiger partial charge on any atom is 0.120 e. The molecule has 0 unspecified atom stereocenters. The lowest BCUT2D eigenvalue weighted by Gasteiger charge is -2.02. The Morgan fingerprint density at radius 1 is 0.735 bits per heavy atom. The quantitative estimate of drug-likeness (QED) is 0.300. The highest BCUT2D eigenvalue weighted by Gasteiger charge is 2.04. The van der Waals surface area contributed by atoms with Gasteiger partial charge in [-0.15, -0.1) is 0 Å². The van der Waals surface area contributed by atoms with E-state index in [9.17, 15) is 0 Å². The number of fused-ring (bicyclic) bond motifs is 1. The molecule has 0 aliphatic carbocycles. The Labute approximate surface area is 203 Å². The number of nitrogens with two attached hydrogens (primary N) is 2. The van der Waals surface area contributed by atoms with Crippen LogP contribution in [-0.4, -0.2) is 19.9 Å². The maximum atomic E-state index is 5.61. The Kier molecular flexibility index (Phi) is 10.5. The minimum Gasteiger partial charge on any atom is -0.341 e. The summed E-state index contributed by atoms with van der Waals surface area (Å²) in [5, 5.41) is 2.27. The lowest BCUT2D eigenvalue weighted by atomic mass is 10.0. The third-order valence-electron chi connectivity index (χ3n) is 4.14. The van der Waals surface area contributed by atoms with Gasteiger partial charge in [-0.3, -0.25) is 0 Å². The molecule has 4 rings (SSSR count). The minimum atomic E-state index is 0.378. The molecule has 2 aromatic heterocycles. The Morgan fingerprint density at radius 2 is 1.29 bits per heavy atom. The Bertz CT molecular complexity index is 1210. The van der Waals surface area contributed by atoms with Crippen molar-refractivity contribution in [1.82, 2.24) is 19.9 Å². The molecule has 6 nitrogen and oxygen atoms in total. The Balaban J connectivity index is 0.000000446. The van der Waals surface area contributed by atoms with Crippen LogP contribution < -0.4 is 11.5 Å². The first kappa shape index (κ1) is 26.8. The molecular formula is C28H38N6. The highest BCUT2D eigenvalue weighted by atomic mass is 14.9. The molecule has 0 saturated heterocycles. The molecule has 0 saturated carbocycles. The van der Waals surface area contributed by atoms with Gasteiger partial charge < -0.3 is 21.4 Å². The average molecular weight is 459 g/mol. The van der Waals surface area contributed by atoms with E-state index >= 15 is 0 Å². The number of nitrogens with zero attached hydrogens (tertiary/aromatic N) is 2. The second-order valence-corrected chi connectivity index (χ2v) is 9.39. The van der Waals surface area contributed by atoms with E-state index < -0.39 is 0 Å². The lowest BCUT2D eigenvalue weighted by Crippen LogP contribution is -1.97. The van der Waals surface area contributed by atoms with E-state index in [0.29, 0.717) is 13.1 Å². The van der Waals surface area contributed by atoms with Gasteiger partial charge in [0, 0.05) is 11.1 Å². The molecular weight excluding hydrogens is 420 g/mol. The van der Waals surface area contributed by atoms with Crippen molar-refractivity contribution in [2.24, 2.45) is 23.3 Å². The fourth-order valence-corrected chi connectivity index (χ4v) is 2.77. The first-order chi connectivity index (χ1) is 16.2. The molecule has 6 heteroatoms. The van der Waals surface area contributed by atoms with Gasteiger partial charge in [-0.05, 0) is 46.7 Å². The number of hydrogen-bond donors (Lipinski definition) is 4. The molecule has 4 aromatic rings. The van der Waals surface area contributed by atoms with Crippen LogP contribution in [0, 0.1) is 23.7 Å². The summed E-state index contributed by atoms with van der Waals surface area (Å²) >= 11 is 0.